The van der Waals surface area contributed by atoms with Crippen LogP contribution in [-0.2, 0) is 0 Å². The van der Waals surface area contributed by atoms with Crippen LogP contribution in [0.1, 0.15) is 13.3 Å². The molecule has 0 radical (unpaired) electrons. The Kier molecular flexibility index (Phi) is 3.58. The maximum Gasteiger partial charge on any atom is 0.0632 e. The normalized spacial score (nSPS) is 12.5. The Hall–Kier alpha value is -1.22. The van der Waals surface area contributed by atoms with Crippen molar-refractivity contribution in [1.82, 2.24) is 0 Å². The van der Waals surface area contributed by atoms with Crippen LogP contribution in [-0.4, -0.2) is 17.8 Å². The van der Waals surface area contributed by atoms with Gasteiger partial charge >= 0.3 is 0 Å². The van der Waals surface area contributed by atoms with Gasteiger partial charge in [0.2, 0.25) is 0 Å². The molecule has 13 heavy (non-hydrogen) atoms. The fourth-order valence-electron chi connectivity index (χ4n) is 1.09. The molecule has 0 aliphatic rings. The number of hydrogen-bond donors (Lipinski definition) is 3. The fourth-order valence-corrected chi connectivity index (χ4v) is 1.09. The van der Waals surface area contributed by atoms with E-state index in [1.165, 1.54) is 0 Å². The van der Waals surface area contributed by atoms with Crippen molar-refractivity contribution in [1.29, 1.82) is 0 Å². The van der Waals surface area contributed by atoms with Gasteiger partial charge in [0.15, 0.2) is 0 Å². The highest BCUT2D eigenvalue weighted by Crippen LogP contribution is 2.12. The van der Waals surface area contributed by atoms with Crippen LogP contribution in [0, 0.1) is 0 Å². The summed E-state index contributed by atoms with van der Waals surface area (Å²) in [6, 6.07) is 7.63. The Morgan fingerprint density at radius 1 is 1.38 bits per heavy atom. The first-order chi connectivity index (χ1) is 6.26. The summed E-state index contributed by atoms with van der Waals surface area (Å²) in [7, 11) is 0. The Labute approximate surface area is 78.6 Å². The quantitative estimate of drug-likeness (QED) is 0.615. The summed E-state index contributed by atoms with van der Waals surface area (Å²) in [5, 5.41) is 12.2. The van der Waals surface area contributed by atoms with Crippen molar-refractivity contribution in [3.8, 4) is 0 Å². The number of aliphatic hydroxyl groups excluding tert-OH is 1. The van der Waals surface area contributed by atoms with Gasteiger partial charge in [-0.3, -0.25) is 0 Å². The molecule has 3 heteroatoms. The van der Waals surface area contributed by atoms with E-state index in [-0.39, 0.29) is 12.6 Å². The van der Waals surface area contributed by atoms with Gasteiger partial charge in [0.05, 0.1) is 6.61 Å². The Morgan fingerprint density at radius 2 is 2.00 bits per heavy atom. The van der Waals surface area contributed by atoms with Crippen LogP contribution >= 0.6 is 0 Å². The predicted octanol–water partition coefficient (Wildman–Crippen LogP) is 1.45. The maximum atomic E-state index is 8.95. The summed E-state index contributed by atoms with van der Waals surface area (Å²) in [5.41, 5.74) is 7.29. The van der Waals surface area contributed by atoms with E-state index in [0.29, 0.717) is 0 Å². The zero-order valence-electron chi connectivity index (χ0n) is 7.83. The predicted molar refractivity (Wildman–Crippen MR) is 55.6 cm³/mol. The van der Waals surface area contributed by atoms with E-state index >= 15 is 0 Å². The monoisotopic (exact) mass is 180 g/mol. The Bertz CT molecular complexity index is 242. The van der Waals surface area contributed by atoms with Gasteiger partial charge in [0, 0.05) is 17.4 Å². The average molecular weight is 180 g/mol. The number of hydrogen-bond acceptors (Lipinski definition) is 3. The molecule has 0 saturated carbocycles. The molecule has 1 aromatic rings. The van der Waals surface area contributed by atoms with E-state index < -0.39 is 0 Å². The van der Waals surface area contributed by atoms with Crippen molar-refractivity contribution in [2.45, 2.75) is 19.4 Å². The molecule has 1 aromatic carbocycles. The van der Waals surface area contributed by atoms with E-state index in [1.54, 1.807) is 0 Å². The van der Waals surface area contributed by atoms with Crippen molar-refractivity contribution >= 4 is 11.4 Å². The molecule has 0 fully saturated rings. The highest BCUT2D eigenvalue weighted by molar-refractivity contribution is 5.51. The van der Waals surface area contributed by atoms with E-state index in [9.17, 15) is 0 Å². The van der Waals surface area contributed by atoms with Gasteiger partial charge in [-0.15, -0.1) is 0 Å². The second-order valence-electron chi connectivity index (χ2n) is 3.05. The minimum atomic E-state index is 0.128. The van der Waals surface area contributed by atoms with Crippen LogP contribution in [0.25, 0.3) is 0 Å². The van der Waals surface area contributed by atoms with E-state index in [1.807, 2.05) is 31.2 Å². The van der Waals surface area contributed by atoms with Gasteiger partial charge in [-0.25, -0.2) is 0 Å². The largest absolute Gasteiger partial charge is 0.399 e. The molecule has 1 unspecified atom stereocenters. The van der Waals surface area contributed by atoms with Crippen molar-refractivity contribution in [2.24, 2.45) is 0 Å². The molecule has 0 saturated heterocycles. The van der Waals surface area contributed by atoms with Crippen LogP contribution in [0.2, 0.25) is 0 Å². The molecule has 4 N–H and O–H groups in total. The van der Waals surface area contributed by atoms with Crippen molar-refractivity contribution in [3.63, 3.8) is 0 Å². The molecular formula is C10H16N2O. The fraction of sp³-hybridized carbons (Fsp3) is 0.400. The summed E-state index contributed by atoms with van der Waals surface area (Å²) in [6.07, 6.45) is 0.904. The number of rotatable bonds is 4. The van der Waals surface area contributed by atoms with Crippen LogP contribution in [0.5, 0.6) is 0 Å². The first kappa shape index (κ1) is 9.86. The molecule has 0 amide bonds. The summed E-state index contributed by atoms with van der Waals surface area (Å²) >= 11 is 0. The molecule has 0 heterocycles. The lowest BCUT2D eigenvalue weighted by Crippen LogP contribution is -2.22. The second-order valence-corrected chi connectivity index (χ2v) is 3.05. The van der Waals surface area contributed by atoms with E-state index in [4.69, 9.17) is 10.8 Å². The molecule has 1 rings (SSSR count). The smallest absolute Gasteiger partial charge is 0.0632 e. The Balaban J connectivity index is 2.58. The van der Waals surface area contributed by atoms with E-state index in [0.717, 1.165) is 17.8 Å². The number of nitrogen functional groups attached to an aromatic ring is 1. The molecule has 1 atom stereocenters. The Morgan fingerprint density at radius 3 is 2.46 bits per heavy atom. The number of nitrogens with two attached hydrogens (primary N) is 1. The highest BCUT2D eigenvalue weighted by atomic mass is 16.3. The molecule has 72 valence electrons. The lowest BCUT2D eigenvalue weighted by molar-refractivity contribution is 0.272. The summed E-state index contributed by atoms with van der Waals surface area (Å²) in [4.78, 5) is 0. The van der Waals surface area contributed by atoms with Crippen molar-refractivity contribution in [3.05, 3.63) is 24.3 Å². The van der Waals surface area contributed by atoms with Gasteiger partial charge in [-0.2, -0.15) is 0 Å². The van der Waals surface area contributed by atoms with Gasteiger partial charge < -0.3 is 16.2 Å². The molecule has 3 nitrogen and oxygen atoms in total. The van der Waals surface area contributed by atoms with Gasteiger partial charge in [-0.1, -0.05) is 6.92 Å². The van der Waals surface area contributed by atoms with Crippen molar-refractivity contribution in [2.75, 3.05) is 17.7 Å². The minimum absolute atomic E-state index is 0.128. The van der Waals surface area contributed by atoms with Crippen LogP contribution in [0.3, 0.4) is 0 Å². The third-order valence-corrected chi connectivity index (χ3v) is 1.99. The number of aliphatic hydroxyl groups is 1. The van der Waals surface area contributed by atoms with Gasteiger partial charge in [0.1, 0.15) is 0 Å². The molecule has 0 spiro atoms. The van der Waals surface area contributed by atoms with Crippen LogP contribution in [0.15, 0.2) is 24.3 Å². The highest BCUT2D eigenvalue weighted by Gasteiger charge is 2.02. The standard InChI is InChI=1S/C10H16N2O/c1-2-9(7-13)12-10-5-3-8(11)4-6-10/h3-6,9,12-13H,2,7,11H2,1H3. The topological polar surface area (TPSA) is 58.3 Å². The SMILES string of the molecule is CCC(CO)Nc1ccc(N)cc1. The summed E-state index contributed by atoms with van der Waals surface area (Å²) in [5.74, 6) is 0. The number of nitrogens with one attached hydrogen (secondary N) is 1. The van der Waals surface area contributed by atoms with Crippen molar-refractivity contribution < 1.29 is 5.11 Å². The summed E-state index contributed by atoms with van der Waals surface area (Å²) in [6.45, 7) is 2.19. The first-order valence-electron chi connectivity index (χ1n) is 4.49. The molecule has 0 aliphatic heterocycles. The number of anilines is 2. The third kappa shape index (κ3) is 2.95. The molecule has 0 aliphatic carbocycles. The zero-order chi connectivity index (χ0) is 9.68. The number of benzene rings is 1. The summed E-state index contributed by atoms with van der Waals surface area (Å²) < 4.78 is 0. The lowest BCUT2D eigenvalue weighted by atomic mass is 10.2. The van der Waals surface area contributed by atoms with Crippen LogP contribution < -0.4 is 11.1 Å². The molecule has 0 aromatic heterocycles. The maximum absolute atomic E-state index is 8.95. The van der Waals surface area contributed by atoms with Gasteiger partial charge in [-0.05, 0) is 30.7 Å². The minimum Gasteiger partial charge on any atom is -0.399 e. The zero-order valence-corrected chi connectivity index (χ0v) is 7.83. The average Bonchev–Trinajstić information content (AvgIpc) is 2.17. The van der Waals surface area contributed by atoms with Crippen LogP contribution in [0.4, 0.5) is 11.4 Å². The molecular weight excluding hydrogens is 164 g/mol. The molecule has 0 bridgehead atoms. The second kappa shape index (κ2) is 4.72. The lowest BCUT2D eigenvalue weighted by Gasteiger charge is -2.15. The van der Waals surface area contributed by atoms with E-state index in [2.05, 4.69) is 5.32 Å². The van der Waals surface area contributed by atoms with Gasteiger partial charge in [0.25, 0.3) is 0 Å². The third-order valence-electron chi connectivity index (χ3n) is 1.99. The first-order valence-corrected chi connectivity index (χ1v) is 4.49.